The predicted octanol–water partition coefficient (Wildman–Crippen LogP) is 4.47. The summed E-state index contributed by atoms with van der Waals surface area (Å²) in [6, 6.07) is 9.61. The van der Waals surface area contributed by atoms with E-state index in [0.717, 1.165) is 28.3 Å². The van der Waals surface area contributed by atoms with Crippen molar-refractivity contribution in [2.45, 2.75) is 20.8 Å². The molecule has 0 atom stereocenters. The fraction of sp³-hybridized carbons (Fsp3) is 0.200. The number of halogens is 1. The second kappa shape index (κ2) is 6.20. The molecule has 104 valence electrons. The molecule has 0 aliphatic carbocycles. The van der Waals surface area contributed by atoms with Crippen LogP contribution in [0, 0.1) is 20.8 Å². The van der Waals surface area contributed by atoms with Gasteiger partial charge in [0.25, 0.3) is 0 Å². The molecule has 0 amide bonds. The van der Waals surface area contributed by atoms with Gasteiger partial charge in [0.05, 0.1) is 0 Å². The van der Waals surface area contributed by atoms with Crippen LogP contribution in [0.2, 0.25) is 5.02 Å². The van der Waals surface area contributed by atoms with Crippen LogP contribution in [0.25, 0.3) is 0 Å². The van der Waals surface area contributed by atoms with Crippen LogP contribution in [-0.2, 0) is 0 Å². The van der Waals surface area contributed by atoms with Crippen molar-refractivity contribution in [2.24, 2.45) is 0 Å². The molecule has 0 radical (unpaired) electrons. The van der Waals surface area contributed by atoms with Crippen LogP contribution < -0.4 is 10.6 Å². The van der Waals surface area contributed by atoms with Crippen LogP contribution in [0.4, 0.5) is 11.5 Å². The van der Waals surface area contributed by atoms with E-state index in [1.807, 2.05) is 51.1 Å². The van der Waals surface area contributed by atoms with Gasteiger partial charge >= 0.3 is 0 Å². The van der Waals surface area contributed by atoms with Crippen LogP contribution in [0.3, 0.4) is 0 Å². The van der Waals surface area contributed by atoms with E-state index >= 15 is 0 Å². The number of hydrogen-bond acceptors (Lipinski definition) is 2. The Morgan fingerprint density at radius 3 is 2.55 bits per heavy atom. The third-order valence-corrected chi connectivity index (χ3v) is 3.23. The molecule has 0 saturated carbocycles. The number of aryl methyl sites for hydroxylation is 3. The molecule has 0 aliphatic rings. The predicted molar refractivity (Wildman–Crippen MR) is 89.7 cm³/mol. The molecule has 5 heteroatoms. The maximum absolute atomic E-state index is 5.99. The number of benzene rings is 1. The molecular weight excluding hydrogens is 290 g/mol. The molecule has 1 heterocycles. The summed E-state index contributed by atoms with van der Waals surface area (Å²) in [5.41, 5.74) is 4.06. The molecule has 0 unspecified atom stereocenters. The first-order valence-electron chi connectivity index (χ1n) is 6.23. The largest absolute Gasteiger partial charge is 0.332 e. The first kappa shape index (κ1) is 14.8. The van der Waals surface area contributed by atoms with Crippen molar-refractivity contribution >= 4 is 40.4 Å². The normalized spacial score (nSPS) is 10.2. The number of thiocarbonyl (C=S) groups is 1. The minimum atomic E-state index is 0.493. The molecule has 0 spiro atoms. The van der Waals surface area contributed by atoms with E-state index < -0.39 is 0 Å². The van der Waals surface area contributed by atoms with E-state index in [1.54, 1.807) is 0 Å². The van der Waals surface area contributed by atoms with Crippen LogP contribution in [0.15, 0.2) is 30.3 Å². The van der Waals surface area contributed by atoms with E-state index in [9.17, 15) is 0 Å². The summed E-state index contributed by atoms with van der Waals surface area (Å²) in [4.78, 5) is 4.39. The van der Waals surface area contributed by atoms with Gasteiger partial charge in [-0.15, -0.1) is 0 Å². The lowest BCUT2D eigenvalue weighted by Crippen LogP contribution is -2.20. The van der Waals surface area contributed by atoms with Gasteiger partial charge in [-0.3, -0.25) is 0 Å². The van der Waals surface area contributed by atoms with Crippen molar-refractivity contribution in [3.05, 3.63) is 52.2 Å². The fourth-order valence-corrected chi connectivity index (χ4v) is 2.29. The summed E-state index contributed by atoms with van der Waals surface area (Å²) >= 11 is 11.3. The van der Waals surface area contributed by atoms with Gasteiger partial charge in [-0.2, -0.15) is 0 Å². The molecular formula is C15H16ClN3S. The Bertz CT molecular complexity index is 635. The molecule has 0 fully saturated rings. The number of nitrogens with zero attached hydrogens (tertiary/aromatic N) is 1. The van der Waals surface area contributed by atoms with Crippen LogP contribution in [0.1, 0.15) is 16.8 Å². The van der Waals surface area contributed by atoms with Crippen LogP contribution in [0.5, 0.6) is 0 Å². The third kappa shape index (κ3) is 3.92. The summed E-state index contributed by atoms with van der Waals surface area (Å²) in [6.07, 6.45) is 0. The lowest BCUT2D eigenvalue weighted by atomic mass is 10.2. The highest BCUT2D eigenvalue weighted by Gasteiger charge is 2.04. The molecule has 2 rings (SSSR count). The second-order valence-electron chi connectivity index (χ2n) is 4.71. The highest BCUT2D eigenvalue weighted by Crippen LogP contribution is 2.20. The zero-order valence-electron chi connectivity index (χ0n) is 11.6. The average molecular weight is 306 g/mol. The zero-order valence-corrected chi connectivity index (χ0v) is 13.2. The van der Waals surface area contributed by atoms with Gasteiger partial charge in [0.15, 0.2) is 5.11 Å². The van der Waals surface area contributed by atoms with E-state index in [4.69, 9.17) is 23.8 Å². The summed E-state index contributed by atoms with van der Waals surface area (Å²) in [5, 5.41) is 7.38. The van der Waals surface area contributed by atoms with Gasteiger partial charge in [-0.05, 0) is 68.4 Å². The second-order valence-corrected chi connectivity index (χ2v) is 5.55. The maximum Gasteiger partial charge on any atom is 0.176 e. The quantitative estimate of drug-likeness (QED) is 0.803. The number of rotatable bonds is 2. The molecule has 1 aromatic heterocycles. The van der Waals surface area contributed by atoms with E-state index in [0.29, 0.717) is 10.1 Å². The van der Waals surface area contributed by atoms with Gasteiger partial charge in [0.2, 0.25) is 0 Å². The highest BCUT2D eigenvalue weighted by molar-refractivity contribution is 7.80. The van der Waals surface area contributed by atoms with Crippen molar-refractivity contribution in [3.63, 3.8) is 0 Å². The van der Waals surface area contributed by atoms with E-state index in [2.05, 4.69) is 15.6 Å². The summed E-state index contributed by atoms with van der Waals surface area (Å²) < 4.78 is 0. The lowest BCUT2D eigenvalue weighted by molar-refractivity contribution is 1.18. The zero-order chi connectivity index (χ0) is 14.7. The summed E-state index contributed by atoms with van der Waals surface area (Å²) in [6.45, 7) is 5.98. The van der Waals surface area contributed by atoms with Gasteiger partial charge in [0.1, 0.15) is 5.82 Å². The van der Waals surface area contributed by atoms with Gasteiger partial charge < -0.3 is 10.6 Å². The van der Waals surface area contributed by atoms with Crippen molar-refractivity contribution in [3.8, 4) is 0 Å². The van der Waals surface area contributed by atoms with Crippen molar-refractivity contribution in [2.75, 3.05) is 10.6 Å². The van der Waals surface area contributed by atoms with Crippen LogP contribution >= 0.6 is 23.8 Å². The van der Waals surface area contributed by atoms with Crippen molar-refractivity contribution < 1.29 is 0 Å². The van der Waals surface area contributed by atoms with Gasteiger partial charge in [-0.25, -0.2) is 4.98 Å². The molecule has 0 aliphatic heterocycles. The SMILES string of the molecule is Cc1cc(C)nc(NC(=S)Nc2cc(Cl)ccc2C)c1. The molecule has 2 N–H and O–H groups in total. The smallest absolute Gasteiger partial charge is 0.176 e. The van der Waals surface area contributed by atoms with E-state index in [1.165, 1.54) is 0 Å². The Labute approximate surface area is 129 Å². The van der Waals surface area contributed by atoms with Crippen molar-refractivity contribution in [1.82, 2.24) is 4.98 Å². The first-order chi connectivity index (χ1) is 9.44. The van der Waals surface area contributed by atoms with Gasteiger partial charge in [-0.1, -0.05) is 17.7 Å². The van der Waals surface area contributed by atoms with E-state index in [-0.39, 0.29) is 0 Å². The van der Waals surface area contributed by atoms with Gasteiger partial charge in [0, 0.05) is 16.4 Å². The molecule has 20 heavy (non-hydrogen) atoms. The average Bonchev–Trinajstić information content (AvgIpc) is 2.32. The monoisotopic (exact) mass is 305 g/mol. The topological polar surface area (TPSA) is 37.0 Å². The summed E-state index contributed by atoms with van der Waals surface area (Å²) in [5.74, 6) is 0.736. The maximum atomic E-state index is 5.99. The Morgan fingerprint density at radius 1 is 1.10 bits per heavy atom. The first-order valence-corrected chi connectivity index (χ1v) is 7.02. The minimum Gasteiger partial charge on any atom is -0.332 e. The Morgan fingerprint density at radius 2 is 1.85 bits per heavy atom. The summed E-state index contributed by atoms with van der Waals surface area (Å²) in [7, 11) is 0. The highest BCUT2D eigenvalue weighted by atomic mass is 35.5. The number of hydrogen-bond donors (Lipinski definition) is 2. The Hall–Kier alpha value is -1.65. The van der Waals surface area contributed by atoms with Crippen LogP contribution in [-0.4, -0.2) is 10.1 Å². The number of aromatic nitrogens is 1. The molecule has 1 aromatic carbocycles. The Kier molecular flexibility index (Phi) is 4.57. The lowest BCUT2D eigenvalue weighted by Gasteiger charge is -2.13. The third-order valence-electron chi connectivity index (χ3n) is 2.79. The number of pyridine rings is 1. The number of nitrogens with one attached hydrogen (secondary N) is 2. The number of anilines is 2. The molecule has 3 nitrogen and oxygen atoms in total. The molecule has 0 bridgehead atoms. The minimum absolute atomic E-state index is 0.493. The molecule has 2 aromatic rings. The molecule has 0 saturated heterocycles. The van der Waals surface area contributed by atoms with Crippen molar-refractivity contribution in [1.29, 1.82) is 0 Å². The fourth-order valence-electron chi connectivity index (χ4n) is 1.90. The Balaban J connectivity index is 2.11. The standard InChI is InChI=1S/C15H16ClN3S/c1-9-6-11(3)17-14(7-9)19-15(20)18-13-8-12(16)5-4-10(13)2/h4-8H,1-3H3,(H2,17,18,19,20).